The summed E-state index contributed by atoms with van der Waals surface area (Å²) in [5.41, 5.74) is -0.00288. The average molecular weight is 426 g/mol. The molecule has 10 nitrogen and oxygen atoms in total. The molecule has 3 rings (SSSR count). The van der Waals surface area contributed by atoms with Gasteiger partial charge in [0.1, 0.15) is 5.82 Å². The Labute approximate surface area is 170 Å². The molecular formula is C18H27N5O5S. The maximum Gasteiger partial charge on any atom is 0.407 e. The van der Waals surface area contributed by atoms with Crippen LogP contribution < -0.4 is 9.62 Å². The van der Waals surface area contributed by atoms with Crippen LogP contribution in [-0.4, -0.2) is 78.0 Å². The first-order valence-electron chi connectivity index (χ1n) is 9.54. The van der Waals surface area contributed by atoms with Crippen LogP contribution in [0.2, 0.25) is 0 Å². The highest BCUT2D eigenvalue weighted by Gasteiger charge is 2.39. The van der Waals surface area contributed by atoms with E-state index in [1.54, 1.807) is 18.3 Å². The molecule has 2 saturated heterocycles. The molecule has 2 aliphatic rings. The summed E-state index contributed by atoms with van der Waals surface area (Å²) >= 11 is 0. The van der Waals surface area contributed by atoms with Gasteiger partial charge < -0.3 is 14.9 Å². The Balaban J connectivity index is 1.77. The molecule has 1 aromatic rings. The molecule has 0 spiro atoms. The minimum absolute atomic E-state index is 0.00845. The van der Waals surface area contributed by atoms with E-state index in [0.29, 0.717) is 11.7 Å². The zero-order valence-corrected chi connectivity index (χ0v) is 17.6. The molecule has 29 heavy (non-hydrogen) atoms. The predicted octanol–water partition coefficient (Wildman–Crippen LogP) is 0.977. The number of pyridine rings is 1. The lowest BCUT2D eigenvalue weighted by atomic mass is 9.97. The van der Waals surface area contributed by atoms with Crippen molar-refractivity contribution in [2.24, 2.45) is 5.92 Å². The number of piperazine rings is 1. The van der Waals surface area contributed by atoms with Crippen LogP contribution in [0.25, 0.3) is 0 Å². The van der Waals surface area contributed by atoms with Gasteiger partial charge in [-0.2, -0.15) is 12.7 Å². The maximum atomic E-state index is 12.9. The smallest absolute Gasteiger partial charge is 0.407 e. The standard InChI is InChI=1S/C18H27N5O5S/c1-13-11-18(2,3)23(12-13)15-14(5-4-6-19-15)16(24)20-29(27,28)22-9-7-21(8-10-22)17(25)26/h4-6,13H,7-12H2,1-3H3,(H,20,24)(H,25,26). The molecule has 1 unspecified atom stereocenters. The van der Waals surface area contributed by atoms with Gasteiger partial charge in [0.2, 0.25) is 0 Å². The second kappa shape index (κ2) is 7.79. The van der Waals surface area contributed by atoms with Crippen LogP contribution in [0.4, 0.5) is 10.6 Å². The van der Waals surface area contributed by atoms with E-state index in [9.17, 15) is 18.0 Å². The highest BCUT2D eigenvalue weighted by Crippen LogP contribution is 2.37. The van der Waals surface area contributed by atoms with E-state index in [-0.39, 0.29) is 37.3 Å². The van der Waals surface area contributed by atoms with Gasteiger partial charge in [0.25, 0.3) is 5.91 Å². The number of aromatic nitrogens is 1. The second-order valence-electron chi connectivity index (χ2n) is 8.21. The predicted molar refractivity (Wildman–Crippen MR) is 107 cm³/mol. The fraction of sp³-hybridized carbons (Fsp3) is 0.611. The molecule has 11 heteroatoms. The van der Waals surface area contributed by atoms with Crippen molar-refractivity contribution in [2.45, 2.75) is 32.7 Å². The number of carboxylic acid groups (broad SMARTS) is 1. The van der Waals surface area contributed by atoms with Crippen molar-refractivity contribution >= 4 is 28.0 Å². The molecule has 3 heterocycles. The summed E-state index contributed by atoms with van der Waals surface area (Å²) < 4.78 is 28.5. The summed E-state index contributed by atoms with van der Waals surface area (Å²) in [5.74, 6) is 0.145. The maximum absolute atomic E-state index is 12.9. The molecule has 1 atom stereocenters. The first-order valence-corrected chi connectivity index (χ1v) is 11.0. The van der Waals surface area contributed by atoms with E-state index in [4.69, 9.17) is 5.11 Å². The van der Waals surface area contributed by atoms with Crippen LogP contribution in [0.3, 0.4) is 0 Å². The summed E-state index contributed by atoms with van der Waals surface area (Å²) in [6.45, 7) is 7.11. The quantitative estimate of drug-likeness (QED) is 0.737. The Morgan fingerprint density at radius 2 is 1.90 bits per heavy atom. The molecule has 160 valence electrons. The SMILES string of the molecule is CC1CN(c2ncccc2C(=O)NS(=O)(=O)N2CCN(C(=O)O)CC2)C(C)(C)C1. The number of rotatable bonds is 4. The molecule has 0 saturated carbocycles. The van der Waals surface area contributed by atoms with Gasteiger partial charge in [-0.25, -0.2) is 14.5 Å². The van der Waals surface area contributed by atoms with E-state index < -0.39 is 22.2 Å². The Morgan fingerprint density at radius 3 is 2.45 bits per heavy atom. The van der Waals surface area contributed by atoms with Gasteiger partial charge in [0.15, 0.2) is 0 Å². The van der Waals surface area contributed by atoms with Crippen molar-refractivity contribution in [2.75, 3.05) is 37.6 Å². The summed E-state index contributed by atoms with van der Waals surface area (Å²) in [6.07, 6.45) is 1.44. The molecule has 2 fully saturated rings. The summed E-state index contributed by atoms with van der Waals surface area (Å²) in [6, 6.07) is 3.16. The minimum Gasteiger partial charge on any atom is -0.465 e. The molecule has 0 aromatic carbocycles. The Kier molecular flexibility index (Phi) is 5.72. The van der Waals surface area contributed by atoms with Gasteiger partial charge in [0.05, 0.1) is 5.56 Å². The van der Waals surface area contributed by atoms with Crippen molar-refractivity contribution in [3.05, 3.63) is 23.9 Å². The van der Waals surface area contributed by atoms with Crippen molar-refractivity contribution < 1.29 is 23.1 Å². The van der Waals surface area contributed by atoms with E-state index >= 15 is 0 Å². The summed E-state index contributed by atoms with van der Waals surface area (Å²) in [4.78, 5) is 31.4. The lowest BCUT2D eigenvalue weighted by Gasteiger charge is -2.34. The Hall–Kier alpha value is -2.40. The lowest BCUT2D eigenvalue weighted by molar-refractivity contribution is 0.0974. The Bertz CT molecular complexity index is 896. The molecular weight excluding hydrogens is 398 g/mol. The largest absolute Gasteiger partial charge is 0.465 e. The van der Waals surface area contributed by atoms with Gasteiger partial charge in [-0.05, 0) is 38.3 Å². The topological polar surface area (TPSA) is 123 Å². The molecule has 0 aliphatic carbocycles. The third kappa shape index (κ3) is 4.45. The summed E-state index contributed by atoms with van der Waals surface area (Å²) in [7, 11) is -4.09. The van der Waals surface area contributed by atoms with Gasteiger partial charge >= 0.3 is 16.3 Å². The van der Waals surface area contributed by atoms with Crippen molar-refractivity contribution in [1.29, 1.82) is 0 Å². The van der Waals surface area contributed by atoms with Gasteiger partial charge in [-0.1, -0.05) is 6.92 Å². The van der Waals surface area contributed by atoms with E-state index in [0.717, 1.165) is 22.2 Å². The first-order chi connectivity index (χ1) is 13.5. The van der Waals surface area contributed by atoms with Crippen molar-refractivity contribution in [3.63, 3.8) is 0 Å². The second-order valence-corrected chi connectivity index (χ2v) is 9.88. The Morgan fingerprint density at radius 1 is 1.24 bits per heavy atom. The first kappa shape index (κ1) is 21.3. The van der Waals surface area contributed by atoms with Crippen LogP contribution in [0.15, 0.2) is 18.3 Å². The van der Waals surface area contributed by atoms with Crippen LogP contribution in [0.5, 0.6) is 0 Å². The normalized spacial score (nSPS) is 22.5. The number of hydrogen-bond donors (Lipinski definition) is 2. The average Bonchev–Trinajstić information content (AvgIpc) is 2.93. The number of carbonyl (C=O) groups excluding carboxylic acids is 1. The zero-order chi connectivity index (χ0) is 21.4. The molecule has 2 N–H and O–H groups in total. The summed E-state index contributed by atoms with van der Waals surface area (Å²) in [5, 5.41) is 8.99. The number of carbonyl (C=O) groups is 2. The minimum atomic E-state index is -4.09. The van der Waals surface area contributed by atoms with Crippen LogP contribution in [-0.2, 0) is 10.2 Å². The number of nitrogens with one attached hydrogen (secondary N) is 1. The van der Waals surface area contributed by atoms with E-state index in [1.165, 1.54) is 0 Å². The molecule has 0 radical (unpaired) electrons. The van der Waals surface area contributed by atoms with Crippen molar-refractivity contribution in [1.82, 2.24) is 18.9 Å². The van der Waals surface area contributed by atoms with Crippen molar-refractivity contribution in [3.8, 4) is 0 Å². The monoisotopic (exact) mass is 425 g/mol. The number of nitrogens with zero attached hydrogens (tertiary/aromatic N) is 4. The highest BCUT2D eigenvalue weighted by atomic mass is 32.2. The van der Waals surface area contributed by atoms with Gasteiger partial charge in [-0.3, -0.25) is 4.79 Å². The van der Waals surface area contributed by atoms with Crippen LogP contribution >= 0.6 is 0 Å². The fourth-order valence-electron chi connectivity index (χ4n) is 4.11. The van der Waals surface area contributed by atoms with Gasteiger partial charge in [-0.15, -0.1) is 0 Å². The molecule has 2 amide bonds. The van der Waals surface area contributed by atoms with Crippen LogP contribution in [0, 0.1) is 5.92 Å². The fourth-order valence-corrected chi connectivity index (χ4v) is 5.22. The van der Waals surface area contributed by atoms with Crippen LogP contribution in [0.1, 0.15) is 37.6 Å². The third-order valence-electron chi connectivity index (χ3n) is 5.43. The third-order valence-corrected chi connectivity index (χ3v) is 6.92. The number of anilines is 1. The molecule has 2 aliphatic heterocycles. The number of hydrogen-bond acceptors (Lipinski definition) is 6. The zero-order valence-electron chi connectivity index (χ0n) is 16.8. The lowest BCUT2D eigenvalue weighted by Crippen LogP contribution is -2.54. The molecule has 1 aromatic heterocycles. The highest BCUT2D eigenvalue weighted by molar-refractivity contribution is 7.87. The van der Waals surface area contributed by atoms with E-state index in [2.05, 4.69) is 30.5 Å². The van der Waals surface area contributed by atoms with Gasteiger partial charge in [0, 0.05) is 44.5 Å². The number of amides is 2. The van der Waals surface area contributed by atoms with E-state index in [1.807, 2.05) is 4.90 Å². The molecule has 0 bridgehead atoms.